The fraction of sp³-hybridized carbons (Fsp3) is 0.182. The van der Waals surface area contributed by atoms with Gasteiger partial charge in [0.25, 0.3) is 0 Å². The minimum atomic E-state index is -0.737. The third-order valence-electron chi connectivity index (χ3n) is 7.61. The van der Waals surface area contributed by atoms with Crippen LogP contribution in [0.3, 0.4) is 0 Å². The molecule has 3 aromatic carbocycles. The number of aromatic nitrogens is 2. The van der Waals surface area contributed by atoms with Crippen LogP contribution in [0.25, 0.3) is 33.7 Å². The zero-order valence-electron chi connectivity index (χ0n) is 21.8. The van der Waals surface area contributed by atoms with Crippen LogP contribution in [0.4, 0.5) is 0 Å². The van der Waals surface area contributed by atoms with E-state index in [0.717, 1.165) is 62.0 Å². The Morgan fingerprint density at radius 1 is 0.897 bits per heavy atom. The molecule has 1 fully saturated rings. The van der Waals surface area contributed by atoms with Gasteiger partial charge in [-0.15, -0.1) is 0 Å². The number of hydrogen-bond acceptors (Lipinski definition) is 5. The summed E-state index contributed by atoms with van der Waals surface area (Å²) in [6.45, 7) is 1.95. The van der Waals surface area contributed by atoms with E-state index in [1.54, 1.807) is 7.11 Å². The summed E-state index contributed by atoms with van der Waals surface area (Å²) in [6, 6.07) is 29.9. The van der Waals surface area contributed by atoms with Crippen LogP contribution < -0.4 is 4.74 Å². The summed E-state index contributed by atoms with van der Waals surface area (Å²) in [4.78, 5) is 16.5. The molecule has 6 heteroatoms. The van der Waals surface area contributed by atoms with Crippen molar-refractivity contribution in [2.24, 2.45) is 0 Å². The van der Waals surface area contributed by atoms with E-state index in [1.807, 2.05) is 85.8 Å². The number of pyridine rings is 1. The Hall–Kier alpha value is -4.71. The SMILES string of the molecule is COc1ccccc1-c1cccc(Cc2c(C)noc2-c2ccc(-c3ccc(C4(C(=O)O)CC4)cc3)cc2)n1. The van der Waals surface area contributed by atoms with E-state index in [2.05, 4.69) is 17.3 Å². The van der Waals surface area contributed by atoms with Crippen LogP contribution in [0.15, 0.2) is 95.5 Å². The van der Waals surface area contributed by atoms with E-state index < -0.39 is 11.4 Å². The fourth-order valence-corrected chi connectivity index (χ4v) is 5.14. The summed E-state index contributed by atoms with van der Waals surface area (Å²) >= 11 is 0. The highest BCUT2D eigenvalue weighted by molar-refractivity contribution is 5.85. The van der Waals surface area contributed by atoms with Crippen molar-refractivity contribution in [1.82, 2.24) is 10.1 Å². The Balaban J connectivity index is 1.24. The van der Waals surface area contributed by atoms with Gasteiger partial charge in [0.1, 0.15) is 5.75 Å². The van der Waals surface area contributed by atoms with Gasteiger partial charge in [-0.1, -0.05) is 71.9 Å². The molecule has 5 aromatic rings. The molecule has 1 aliphatic rings. The van der Waals surface area contributed by atoms with E-state index in [1.165, 1.54) is 0 Å². The van der Waals surface area contributed by atoms with Crippen LogP contribution in [0, 0.1) is 6.92 Å². The van der Waals surface area contributed by atoms with Crippen molar-refractivity contribution in [2.75, 3.05) is 7.11 Å². The number of aryl methyl sites for hydroxylation is 1. The summed E-state index contributed by atoms with van der Waals surface area (Å²) in [5.41, 5.74) is 7.77. The number of methoxy groups -OCH3 is 1. The van der Waals surface area contributed by atoms with Crippen molar-refractivity contribution in [1.29, 1.82) is 0 Å². The van der Waals surface area contributed by atoms with Crippen LogP contribution >= 0.6 is 0 Å². The smallest absolute Gasteiger partial charge is 0.314 e. The fourth-order valence-electron chi connectivity index (χ4n) is 5.14. The highest BCUT2D eigenvalue weighted by Crippen LogP contribution is 2.48. The lowest BCUT2D eigenvalue weighted by Gasteiger charge is -2.11. The number of ether oxygens (including phenoxy) is 1. The van der Waals surface area contributed by atoms with Crippen molar-refractivity contribution in [3.63, 3.8) is 0 Å². The first-order valence-electron chi connectivity index (χ1n) is 13.0. The molecule has 0 amide bonds. The van der Waals surface area contributed by atoms with Crippen LogP contribution in [0.5, 0.6) is 5.75 Å². The number of carbonyl (C=O) groups is 1. The lowest BCUT2D eigenvalue weighted by molar-refractivity contribution is -0.140. The van der Waals surface area contributed by atoms with E-state index in [0.29, 0.717) is 19.3 Å². The summed E-state index contributed by atoms with van der Waals surface area (Å²) in [6.07, 6.45) is 1.99. The second-order valence-corrected chi connectivity index (χ2v) is 10.0. The predicted molar refractivity (Wildman–Crippen MR) is 150 cm³/mol. The Bertz CT molecular complexity index is 1650. The molecule has 0 spiro atoms. The maximum Gasteiger partial charge on any atom is 0.314 e. The van der Waals surface area contributed by atoms with Gasteiger partial charge in [0.05, 0.1) is 23.9 Å². The Morgan fingerprint density at radius 3 is 2.23 bits per heavy atom. The third-order valence-corrected chi connectivity index (χ3v) is 7.61. The van der Waals surface area contributed by atoms with Gasteiger partial charge in [0.15, 0.2) is 5.76 Å². The molecule has 0 radical (unpaired) electrons. The molecular formula is C33H28N2O4. The molecule has 6 rings (SSSR count). The van der Waals surface area contributed by atoms with Crippen molar-refractivity contribution in [3.05, 3.63) is 114 Å². The van der Waals surface area contributed by atoms with Crippen molar-refractivity contribution >= 4 is 5.97 Å². The number of nitrogens with zero attached hydrogens (tertiary/aromatic N) is 2. The number of carboxylic acids is 1. The van der Waals surface area contributed by atoms with E-state index >= 15 is 0 Å². The van der Waals surface area contributed by atoms with Crippen molar-refractivity contribution < 1.29 is 19.2 Å². The molecular weight excluding hydrogens is 488 g/mol. The average molecular weight is 517 g/mol. The van der Waals surface area contributed by atoms with Gasteiger partial charge >= 0.3 is 5.97 Å². The summed E-state index contributed by atoms with van der Waals surface area (Å²) in [7, 11) is 1.67. The monoisotopic (exact) mass is 516 g/mol. The average Bonchev–Trinajstić information content (AvgIpc) is 3.72. The summed E-state index contributed by atoms with van der Waals surface area (Å²) in [5.74, 6) is 0.781. The largest absolute Gasteiger partial charge is 0.496 e. The molecule has 6 nitrogen and oxygen atoms in total. The Kier molecular flexibility index (Phi) is 6.23. The zero-order valence-corrected chi connectivity index (χ0v) is 21.8. The molecule has 0 atom stereocenters. The normalized spacial score (nSPS) is 13.7. The topological polar surface area (TPSA) is 85.5 Å². The van der Waals surface area contributed by atoms with Crippen LogP contribution in [0.1, 0.15) is 35.4 Å². The van der Waals surface area contributed by atoms with Gasteiger partial charge in [-0.2, -0.15) is 0 Å². The molecule has 2 aromatic heterocycles. The molecule has 0 saturated heterocycles. The predicted octanol–water partition coefficient (Wildman–Crippen LogP) is 7.09. The molecule has 194 valence electrons. The number of carboxylic acid groups (broad SMARTS) is 1. The second-order valence-electron chi connectivity index (χ2n) is 10.0. The molecule has 1 saturated carbocycles. The lowest BCUT2D eigenvalue weighted by Crippen LogP contribution is -2.19. The Labute approximate surface area is 226 Å². The highest BCUT2D eigenvalue weighted by Gasteiger charge is 2.51. The Morgan fingerprint density at radius 2 is 1.56 bits per heavy atom. The van der Waals surface area contributed by atoms with Gasteiger partial charge < -0.3 is 14.4 Å². The number of aliphatic carboxylic acids is 1. The van der Waals surface area contributed by atoms with Crippen LogP contribution in [-0.2, 0) is 16.6 Å². The molecule has 39 heavy (non-hydrogen) atoms. The van der Waals surface area contributed by atoms with E-state index in [4.69, 9.17) is 14.2 Å². The van der Waals surface area contributed by atoms with Crippen LogP contribution in [-0.4, -0.2) is 28.3 Å². The molecule has 0 unspecified atom stereocenters. The minimum Gasteiger partial charge on any atom is -0.496 e. The number of benzene rings is 3. The van der Waals surface area contributed by atoms with E-state index in [-0.39, 0.29) is 0 Å². The maximum atomic E-state index is 11.6. The van der Waals surface area contributed by atoms with Crippen molar-refractivity contribution in [2.45, 2.75) is 31.6 Å². The first-order chi connectivity index (χ1) is 19.0. The van der Waals surface area contributed by atoms with Gasteiger partial charge in [-0.25, -0.2) is 0 Å². The molecule has 0 bridgehead atoms. The third kappa shape index (κ3) is 4.59. The van der Waals surface area contributed by atoms with Gasteiger partial charge in [0.2, 0.25) is 0 Å². The maximum absolute atomic E-state index is 11.6. The molecule has 0 aliphatic heterocycles. The summed E-state index contributed by atoms with van der Waals surface area (Å²) in [5, 5.41) is 13.8. The summed E-state index contributed by atoms with van der Waals surface area (Å²) < 4.78 is 11.3. The number of para-hydroxylation sites is 1. The minimum absolute atomic E-state index is 0.586. The lowest BCUT2D eigenvalue weighted by atomic mass is 9.93. The van der Waals surface area contributed by atoms with Crippen molar-refractivity contribution in [3.8, 4) is 39.5 Å². The zero-order chi connectivity index (χ0) is 27.0. The molecule has 2 heterocycles. The van der Waals surface area contributed by atoms with Crippen LogP contribution in [0.2, 0.25) is 0 Å². The molecule has 1 N–H and O–H groups in total. The highest BCUT2D eigenvalue weighted by atomic mass is 16.5. The first kappa shape index (κ1) is 24.6. The second kappa shape index (κ2) is 9.87. The van der Waals surface area contributed by atoms with Gasteiger partial charge in [-0.3, -0.25) is 9.78 Å². The molecule has 1 aliphatic carbocycles. The number of hydrogen-bond donors (Lipinski definition) is 1. The van der Waals surface area contributed by atoms with Gasteiger partial charge in [-0.05, 0) is 60.7 Å². The van der Waals surface area contributed by atoms with Gasteiger partial charge in [0, 0.05) is 28.8 Å². The quantitative estimate of drug-likeness (QED) is 0.237. The number of rotatable bonds is 8. The standard InChI is InChI=1S/C33H28N2O4/c1-21-28(20-26-6-5-8-29(34-26)27-7-3-4-9-30(27)38-2)31(39-35-21)24-12-10-22(11-13-24)23-14-16-25(17-15-23)33(18-19-33)32(36)37/h3-17H,18-20H2,1-2H3,(H,36,37). The van der Waals surface area contributed by atoms with E-state index in [9.17, 15) is 9.90 Å². The first-order valence-corrected chi connectivity index (χ1v) is 13.0.